The summed E-state index contributed by atoms with van der Waals surface area (Å²) in [5.74, 6) is 1.38. The predicted molar refractivity (Wildman–Crippen MR) is 65.9 cm³/mol. The maximum Gasteiger partial charge on any atom is 0.257 e. The van der Waals surface area contributed by atoms with E-state index in [9.17, 15) is 0 Å². The first kappa shape index (κ1) is 10.3. The van der Waals surface area contributed by atoms with Crippen molar-refractivity contribution in [3.8, 4) is 11.5 Å². The zero-order chi connectivity index (χ0) is 11.7. The lowest BCUT2D eigenvalue weighted by atomic mass is 10.0. The van der Waals surface area contributed by atoms with Crippen LogP contribution < -0.4 is 5.32 Å². The van der Waals surface area contributed by atoms with E-state index in [1.54, 1.807) is 0 Å². The number of aryl methyl sites for hydroxylation is 2. The number of aromatic nitrogens is 2. The molecule has 1 N–H and O–H groups in total. The number of rotatable bonds is 2. The molecule has 0 bridgehead atoms. The summed E-state index contributed by atoms with van der Waals surface area (Å²) in [6.07, 6.45) is 3.10. The maximum atomic E-state index is 5.25. The molecule has 0 fully saturated rings. The Morgan fingerprint density at radius 1 is 1.41 bits per heavy atom. The van der Waals surface area contributed by atoms with Gasteiger partial charge in [-0.05, 0) is 36.6 Å². The van der Waals surface area contributed by atoms with Gasteiger partial charge in [0, 0.05) is 24.2 Å². The van der Waals surface area contributed by atoms with Gasteiger partial charge < -0.3 is 9.84 Å². The largest absolute Gasteiger partial charge is 0.385 e. The summed E-state index contributed by atoms with van der Waals surface area (Å²) < 4.78 is 5.25. The molecule has 1 aliphatic heterocycles. The number of nitrogens with one attached hydrogen (secondary N) is 1. The zero-order valence-electron chi connectivity index (χ0n) is 9.86. The van der Waals surface area contributed by atoms with Gasteiger partial charge in [0.1, 0.15) is 0 Å². The smallest absolute Gasteiger partial charge is 0.257 e. The standard InChI is InChI=1S/C13H15N3O/c1-2-12-15-13(17-16-12)10-5-6-11-9(8-10)4-3-7-14-11/h5-6,8,14H,2-4,7H2,1H3. The number of nitrogens with zero attached hydrogens (tertiary/aromatic N) is 2. The lowest BCUT2D eigenvalue weighted by molar-refractivity contribution is 0.423. The molecule has 0 atom stereocenters. The second kappa shape index (κ2) is 4.20. The van der Waals surface area contributed by atoms with Crippen LogP contribution in [0.4, 0.5) is 5.69 Å². The molecular weight excluding hydrogens is 214 g/mol. The van der Waals surface area contributed by atoms with Crippen molar-refractivity contribution in [2.24, 2.45) is 0 Å². The van der Waals surface area contributed by atoms with E-state index in [0.29, 0.717) is 5.89 Å². The van der Waals surface area contributed by atoms with Gasteiger partial charge >= 0.3 is 0 Å². The van der Waals surface area contributed by atoms with Crippen molar-refractivity contribution in [1.29, 1.82) is 0 Å². The van der Waals surface area contributed by atoms with Gasteiger partial charge in [0.05, 0.1) is 0 Å². The van der Waals surface area contributed by atoms with Crippen molar-refractivity contribution < 1.29 is 4.52 Å². The minimum Gasteiger partial charge on any atom is -0.385 e. The molecule has 0 unspecified atom stereocenters. The molecule has 88 valence electrons. The molecule has 0 saturated heterocycles. The van der Waals surface area contributed by atoms with E-state index in [2.05, 4.69) is 27.6 Å². The molecule has 17 heavy (non-hydrogen) atoms. The Balaban J connectivity index is 1.97. The number of anilines is 1. The monoisotopic (exact) mass is 229 g/mol. The second-order valence-corrected chi connectivity index (χ2v) is 4.27. The van der Waals surface area contributed by atoms with Crippen molar-refractivity contribution in [3.63, 3.8) is 0 Å². The van der Waals surface area contributed by atoms with E-state index >= 15 is 0 Å². The quantitative estimate of drug-likeness (QED) is 0.860. The van der Waals surface area contributed by atoms with Crippen LogP contribution in [0.5, 0.6) is 0 Å². The minimum absolute atomic E-state index is 0.621. The average molecular weight is 229 g/mol. The van der Waals surface area contributed by atoms with Crippen molar-refractivity contribution >= 4 is 5.69 Å². The summed E-state index contributed by atoms with van der Waals surface area (Å²) in [7, 11) is 0. The SMILES string of the molecule is CCc1noc(-c2ccc3c(c2)CCCN3)n1. The van der Waals surface area contributed by atoms with E-state index in [0.717, 1.165) is 30.8 Å². The molecule has 4 heteroatoms. The third-order valence-electron chi connectivity index (χ3n) is 3.07. The fourth-order valence-electron chi connectivity index (χ4n) is 2.12. The van der Waals surface area contributed by atoms with Gasteiger partial charge in [0.25, 0.3) is 5.89 Å². The van der Waals surface area contributed by atoms with Crippen molar-refractivity contribution in [3.05, 3.63) is 29.6 Å². The van der Waals surface area contributed by atoms with Gasteiger partial charge in [-0.3, -0.25) is 0 Å². The highest BCUT2D eigenvalue weighted by Crippen LogP contribution is 2.27. The average Bonchev–Trinajstić information content (AvgIpc) is 2.87. The molecule has 1 aromatic carbocycles. The van der Waals surface area contributed by atoms with Crippen molar-refractivity contribution in [2.75, 3.05) is 11.9 Å². The molecule has 1 aromatic heterocycles. The number of hydrogen-bond donors (Lipinski definition) is 1. The van der Waals surface area contributed by atoms with E-state index in [-0.39, 0.29) is 0 Å². The van der Waals surface area contributed by atoms with Crippen LogP contribution in [0.15, 0.2) is 22.7 Å². The topological polar surface area (TPSA) is 51.0 Å². The van der Waals surface area contributed by atoms with Crippen LogP contribution in [0.1, 0.15) is 24.7 Å². The molecular formula is C13H15N3O. The van der Waals surface area contributed by atoms with Crippen LogP contribution in [0.25, 0.3) is 11.5 Å². The van der Waals surface area contributed by atoms with E-state index in [1.807, 2.05) is 13.0 Å². The highest BCUT2D eigenvalue weighted by molar-refractivity contribution is 5.63. The Morgan fingerprint density at radius 2 is 2.35 bits per heavy atom. The lowest BCUT2D eigenvalue weighted by Crippen LogP contribution is -2.11. The third-order valence-corrected chi connectivity index (χ3v) is 3.07. The van der Waals surface area contributed by atoms with E-state index < -0.39 is 0 Å². The molecule has 2 aromatic rings. The van der Waals surface area contributed by atoms with Crippen LogP contribution >= 0.6 is 0 Å². The van der Waals surface area contributed by atoms with Gasteiger partial charge in [0.2, 0.25) is 0 Å². The molecule has 0 saturated carbocycles. The highest BCUT2D eigenvalue weighted by Gasteiger charge is 2.12. The Labute approximate surface area is 100 Å². The van der Waals surface area contributed by atoms with Gasteiger partial charge in [0.15, 0.2) is 5.82 Å². The normalized spacial score (nSPS) is 14.2. The number of benzene rings is 1. The third kappa shape index (κ3) is 1.90. The van der Waals surface area contributed by atoms with Crippen molar-refractivity contribution in [2.45, 2.75) is 26.2 Å². The van der Waals surface area contributed by atoms with Crippen molar-refractivity contribution in [1.82, 2.24) is 10.1 Å². The predicted octanol–water partition coefficient (Wildman–Crippen LogP) is 2.66. The first-order chi connectivity index (χ1) is 8.36. The molecule has 0 aliphatic carbocycles. The molecule has 4 nitrogen and oxygen atoms in total. The summed E-state index contributed by atoms with van der Waals surface area (Å²) in [6, 6.07) is 6.28. The first-order valence-electron chi connectivity index (χ1n) is 6.06. The van der Waals surface area contributed by atoms with Gasteiger partial charge in [-0.25, -0.2) is 0 Å². The Hall–Kier alpha value is -1.84. The molecule has 0 radical (unpaired) electrons. The van der Waals surface area contributed by atoms with Gasteiger partial charge in [-0.15, -0.1) is 0 Å². The van der Waals surface area contributed by atoms with Gasteiger partial charge in [-0.2, -0.15) is 4.98 Å². The fraction of sp³-hybridized carbons (Fsp3) is 0.385. The van der Waals surface area contributed by atoms with Crippen LogP contribution in [0, 0.1) is 0 Å². The van der Waals surface area contributed by atoms with Gasteiger partial charge in [-0.1, -0.05) is 12.1 Å². The zero-order valence-corrected chi connectivity index (χ0v) is 9.86. The van der Waals surface area contributed by atoms with Crippen LogP contribution in [-0.2, 0) is 12.8 Å². The summed E-state index contributed by atoms with van der Waals surface area (Å²) in [6.45, 7) is 3.08. The molecule has 0 spiro atoms. The number of fused-ring (bicyclic) bond motifs is 1. The second-order valence-electron chi connectivity index (χ2n) is 4.27. The summed E-state index contributed by atoms with van der Waals surface area (Å²) in [5, 5.41) is 7.31. The molecule has 1 aliphatic rings. The first-order valence-corrected chi connectivity index (χ1v) is 6.06. The highest BCUT2D eigenvalue weighted by atomic mass is 16.5. The molecule has 0 amide bonds. The number of hydrogen-bond acceptors (Lipinski definition) is 4. The Morgan fingerprint density at radius 3 is 3.18 bits per heavy atom. The Bertz CT molecular complexity index is 533. The summed E-state index contributed by atoms with van der Waals surface area (Å²) in [4.78, 5) is 4.35. The minimum atomic E-state index is 0.621. The van der Waals surface area contributed by atoms with Crippen LogP contribution in [-0.4, -0.2) is 16.7 Å². The summed E-state index contributed by atoms with van der Waals surface area (Å²) >= 11 is 0. The lowest BCUT2D eigenvalue weighted by Gasteiger charge is -2.17. The fourth-order valence-corrected chi connectivity index (χ4v) is 2.12. The van der Waals surface area contributed by atoms with E-state index in [4.69, 9.17) is 4.52 Å². The summed E-state index contributed by atoms with van der Waals surface area (Å²) in [5.41, 5.74) is 3.58. The molecule has 3 rings (SSSR count). The van der Waals surface area contributed by atoms with E-state index in [1.165, 1.54) is 17.7 Å². The molecule has 2 heterocycles. The Kier molecular flexibility index (Phi) is 2.55. The van der Waals surface area contributed by atoms with Crippen LogP contribution in [0.2, 0.25) is 0 Å². The maximum absolute atomic E-state index is 5.25. The van der Waals surface area contributed by atoms with Crippen LogP contribution in [0.3, 0.4) is 0 Å².